The molecule has 0 saturated heterocycles. The first-order valence-electron chi connectivity index (χ1n) is 9.91. The van der Waals surface area contributed by atoms with E-state index in [4.69, 9.17) is 0 Å². The topological polar surface area (TPSA) is 17.1 Å². The summed E-state index contributed by atoms with van der Waals surface area (Å²) < 4.78 is 14.5. The first-order chi connectivity index (χ1) is 13.0. The van der Waals surface area contributed by atoms with Gasteiger partial charge in [0.25, 0.3) is 0 Å². The molecule has 0 atom stereocenters. The summed E-state index contributed by atoms with van der Waals surface area (Å²) in [7, 11) is -2.92. The Kier molecular flexibility index (Phi) is 5.43. The molecular weight excluding hydrogens is 359 g/mol. The lowest BCUT2D eigenvalue weighted by atomic mass is 9.87. The summed E-state index contributed by atoms with van der Waals surface area (Å²) in [6.07, 6.45) is 0. The van der Waals surface area contributed by atoms with E-state index in [1.54, 1.807) is 0 Å². The molecule has 1 nitrogen and oxygen atoms in total. The molecule has 0 aliphatic heterocycles. The SMILES string of the molecule is CC(C)(C)c1ccc(P(=O)(c2ccccc2)c2ccc(C(C)(C)C)cc2)cc1. The standard InChI is InChI=1S/C26H31OP/c1-25(2,3)20-12-16-23(17-13-20)28(27,22-10-8-7-9-11-22)24-18-14-21(15-19-24)26(4,5)6/h7-19H,1-6H3. The van der Waals surface area contributed by atoms with Crippen molar-refractivity contribution >= 4 is 23.1 Å². The van der Waals surface area contributed by atoms with Crippen LogP contribution in [0.15, 0.2) is 78.9 Å². The van der Waals surface area contributed by atoms with Gasteiger partial charge in [-0.2, -0.15) is 0 Å². The largest absolute Gasteiger partial charge is 0.309 e. The van der Waals surface area contributed by atoms with E-state index in [1.165, 1.54) is 11.1 Å². The number of hydrogen-bond acceptors (Lipinski definition) is 1. The molecule has 0 N–H and O–H groups in total. The molecule has 146 valence electrons. The first-order valence-corrected chi connectivity index (χ1v) is 11.6. The van der Waals surface area contributed by atoms with Crippen molar-refractivity contribution in [2.24, 2.45) is 0 Å². The van der Waals surface area contributed by atoms with Crippen molar-refractivity contribution in [3.63, 3.8) is 0 Å². The molecule has 0 fully saturated rings. The van der Waals surface area contributed by atoms with Gasteiger partial charge in [-0.3, -0.25) is 0 Å². The number of hydrogen-bond donors (Lipinski definition) is 0. The average molecular weight is 391 g/mol. The van der Waals surface area contributed by atoms with E-state index in [1.807, 2.05) is 54.6 Å². The van der Waals surface area contributed by atoms with Crippen molar-refractivity contribution < 1.29 is 4.57 Å². The van der Waals surface area contributed by atoms with Crippen molar-refractivity contribution in [3.05, 3.63) is 90.0 Å². The minimum Gasteiger partial charge on any atom is -0.309 e. The number of benzene rings is 3. The van der Waals surface area contributed by atoms with E-state index in [2.05, 4.69) is 65.8 Å². The summed E-state index contributed by atoms with van der Waals surface area (Å²) in [6.45, 7) is 13.2. The van der Waals surface area contributed by atoms with E-state index in [0.717, 1.165) is 15.9 Å². The number of rotatable bonds is 3. The summed E-state index contributed by atoms with van der Waals surface area (Å²) >= 11 is 0. The van der Waals surface area contributed by atoms with Crippen LogP contribution in [0.3, 0.4) is 0 Å². The zero-order chi connectivity index (χ0) is 20.6. The molecule has 0 unspecified atom stereocenters. The Bertz CT molecular complexity index is 908. The van der Waals surface area contributed by atoms with E-state index in [-0.39, 0.29) is 10.8 Å². The predicted molar refractivity (Wildman–Crippen MR) is 123 cm³/mol. The van der Waals surface area contributed by atoms with E-state index >= 15 is 0 Å². The molecule has 3 aromatic rings. The van der Waals surface area contributed by atoms with Crippen LogP contribution in [0.25, 0.3) is 0 Å². The molecule has 2 heteroatoms. The van der Waals surface area contributed by atoms with Gasteiger partial charge in [0.2, 0.25) is 0 Å². The monoisotopic (exact) mass is 390 g/mol. The minimum atomic E-state index is -2.92. The van der Waals surface area contributed by atoms with Crippen molar-refractivity contribution in [1.29, 1.82) is 0 Å². The highest BCUT2D eigenvalue weighted by molar-refractivity contribution is 7.85. The zero-order valence-corrected chi connectivity index (χ0v) is 18.8. The maximum Gasteiger partial charge on any atom is 0.171 e. The fourth-order valence-corrected chi connectivity index (χ4v) is 6.05. The third-order valence-corrected chi connectivity index (χ3v) is 8.39. The zero-order valence-electron chi connectivity index (χ0n) is 17.9. The second-order valence-corrected chi connectivity index (χ2v) is 12.3. The third-order valence-electron chi connectivity index (χ3n) is 5.31. The van der Waals surface area contributed by atoms with Gasteiger partial charge >= 0.3 is 0 Å². The molecule has 0 saturated carbocycles. The Morgan fingerprint density at radius 3 is 1.14 bits per heavy atom. The smallest absolute Gasteiger partial charge is 0.171 e. The van der Waals surface area contributed by atoms with Gasteiger partial charge in [-0.25, -0.2) is 0 Å². The predicted octanol–water partition coefficient (Wildman–Crippen LogP) is 5.92. The highest BCUT2D eigenvalue weighted by Gasteiger charge is 2.30. The quantitative estimate of drug-likeness (QED) is 0.507. The average Bonchev–Trinajstić information content (AvgIpc) is 2.67. The molecule has 0 spiro atoms. The van der Waals surface area contributed by atoms with Crippen LogP contribution in [0.2, 0.25) is 0 Å². The van der Waals surface area contributed by atoms with Crippen molar-refractivity contribution in [3.8, 4) is 0 Å². The Hall–Kier alpha value is -2.11. The summed E-state index contributed by atoms with van der Waals surface area (Å²) in [5.41, 5.74) is 2.64. The molecule has 0 aliphatic rings. The van der Waals surface area contributed by atoms with Gasteiger partial charge in [-0.05, 0) is 22.0 Å². The molecule has 0 radical (unpaired) electrons. The van der Waals surface area contributed by atoms with Crippen LogP contribution < -0.4 is 15.9 Å². The molecule has 3 aromatic carbocycles. The minimum absolute atomic E-state index is 0.0730. The van der Waals surface area contributed by atoms with Crippen LogP contribution in [0.4, 0.5) is 0 Å². The molecule has 0 aliphatic carbocycles. The Morgan fingerprint density at radius 1 is 0.500 bits per heavy atom. The maximum atomic E-state index is 14.5. The van der Waals surface area contributed by atoms with Gasteiger partial charge in [-0.1, -0.05) is 120 Å². The Labute approximate surface area is 170 Å². The Morgan fingerprint density at radius 2 is 0.821 bits per heavy atom. The molecule has 0 bridgehead atoms. The van der Waals surface area contributed by atoms with Crippen LogP contribution in [-0.2, 0) is 15.4 Å². The fourth-order valence-electron chi connectivity index (χ4n) is 3.43. The van der Waals surface area contributed by atoms with Crippen molar-refractivity contribution in [1.82, 2.24) is 0 Å². The first kappa shape index (κ1) is 20.6. The molecular formula is C26H31OP. The molecule has 0 amide bonds. The van der Waals surface area contributed by atoms with Crippen LogP contribution in [0.1, 0.15) is 52.7 Å². The molecule has 28 heavy (non-hydrogen) atoms. The lowest BCUT2D eigenvalue weighted by Gasteiger charge is -2.24. The van der Waals surface area contributed by atoms with Crippen LogP contribution >= 0.6 is 7.14 Å². The fraction of sp³-hybridized carbons (Fsp3) is 0.308. The lowest BCUT2D eigenvalue weighted by molar-refractivity contribution is 0.588. The summed E-state index contributed by atoms with van der Waals surface area (Å²) in [5.74, 6) is 0. The molecule has 0 heterocycles. The van der Waals surface area contributed by atoms with Crippen LogP contribution in [0.5, 0.6) is 0 Å². The summed E-state index contributed by atoms with van der Waals surface area (Å²) in [4.78, 5) is 0. The van der Waals surface area contributed by atoms with Gasteiger partial charge in [0, 0.05) is 15.9 Å². The van der Waals surface area contributed by atoms with Crippen molar-refractivity contribution in [2.75, 3.05) is 0 Å². The van der Waals surface area contributed by atoms with Crippen LogP contribution in [-0.4, -0.2) is 0 Å². The van der Waals surface area contributed by atoms with E-state index in [0.29, 0.717) is 0 Å². The van der Waals surface area contributed by atoms with E-state index < -0.39 is 7.14 Å². The van der Waals surface area contributed by atoms with Gasteiger partial charge < -0.3 is 4.57 Å². The van der Waals surface area contributed by atoms with Gasteiger partial charge in [-0.15, -0.1) is 0 Å². The summed E-state index contributed by atoms with van der Waals surface area (Å²) in [6, 6.07) is 26.5. The third kappa shape index (κ3) is 4.01. The van der Waals surface area contributed by atoms with Crippen molar-refractivity contribution in [2.45, 2.75) is 52.4 Å². The van der Waals surface area contributed by atoms with E-state index in [9.17, 15) is 4.57 Å². The summed E-state index contributed by atoms with van der Waals surface area (Å²) in [5, 5.41) is 2.65. The van der Waals surface area contributed by atoms with Gasteiger partial charge in [0.05, 0.1) is 0 Å². The van der Waals surface area contributed by atoms with Gasteiger partial charge in [0.15, 0.2) is 7.14 Å². The second kappa shape index (κ2) is 7.37. The lowest BCUT2D eigenvalue weighted by Crippen LogP contribution is -2.26. The maximum absolute atomic E-state index is 14.5. The highest BCUT2D eigenvalue weighted by atomic mass is 31.2. The highest BCUT2D eigenvalue weighted by Crippen LogP contribution is 2.43. The molecule has 3 rings (SSSR count). The van der Waals surface area contributed by atoms with Crippen LogP contribution in [0, 0.1) is 0 Å². The normalized spacial score (nSPS) is 12.8. The molecule has 0 aromatic heterocycles. The van der Waals surface area contributed by atoms with Gasteiger partial charge in [0.1, 0.15) is 0 Å². The second-order valence-electron chi connectivity index (χ2n) is 9.54. The Balaban J connectivity index is 2.16.